The van der Waals surface area contributed by atoms with Gasteiger partial charge >= 0.3 is 0 Å². The minimum atomic E-state index is -0.459. The van der Waals surface area contributed by atoms with E-state index in [0.717, 1.165) is 55.8 Å². The molecule has 7 aromatic carbocycles. The molecule has 3 aromatic heterocycles. The summed E-state index contributed by atoms with van der Waals surface area (Å²) >= 11 is 0. The number of fused-ring (bicyclic) bond motifs is 3. The van der Waals surface area contributed by atoms with Gasteiger partial charge in [0.1, 0.15) is 5.82 Å². The van der Waals surface area contributed by atoms with E-state index in [2.05, 4.69) is 292 Å². The van der Waals surface area contributed by atoms with Crippen LogP contribution in [0.4, 0.5) is 0 Å². The summed E-state index contributed by atoms with van der Waals surface area (Å²) in [6.45, 7) is 29.6. The van der Waals surface area contributed by atoms with Crippen LogP contribution in [0.2, 0.25) is 0 Å². The van der Waals surface area contributed by atoms with Crippen molar-refractivity contribution < 1.29 is 30.4 Å². The monoisotopic (exact) mass is 1150 g/mol. The summed E-state index contributed by atoms with van der Waals surface area (Å²) in [7, 11) is 0. The largest absolute Gasteiger partial charge is 0.510 e. The van der Waals surface area contributed by atoms with E-state index in [0.29, 0.717) is 11.5 Å². The first-order valence-corrected chi connectivity index (χ1v) is 25.7. The fourth-order valence-corrected chi connectivity index (χ4v) is 10.2. The van der Waals surface area contributed by atoms with Crippen LogP contribution < -0.4 is 9.30 Å². The predicted molar refractivity (Wildman–Crippen MR) is 301 cm³/mol. The van der Waals surface area contributed by atoms with E-state index in [4.69, 9.17) is 9.72 Å². The normalized spacial score (nSPS) is 12.6. The zero-order valence-electron chi connectivity index (χ0n) is 45.3. The summed E-state index contributed by atoms with van der Waals surface area (Å²) in [5, 5.41) is 2.30. The molecule has 0 N–H and O–H groups in total. The van der Waals surface area contributed by atoms with Gasteiger partial charge in [-0.15, -0.1) is 35.4 Å². The summed E-state index contributed by atoms with van der Waals surface area (Å²) in [6, 6.07) is 66.3. The molecule has 0 saturated carbocycles. The van der Waals surface area contributed by atoms with Gasteiger partial charge in [-0.25, -0.2) is 4.98 Å². The molecule has 74 heavy (non-hydrogen) atoms. The fourth-order valence-electron chi connectivity index (χ4n) is 10.2. The average Bonchev–Trinajstić information content (AvgIpc) is 3.97. The van der Waals surface area contributed by atoms with Gasteiger partial charge in [-0.1, -0.05) is 216 Å². The topological polar surface area (TPSA) is 35.9 Å². The molecule has 0 bridgehead atoms. The minimum Gasteiger partial charge on any atom is -0.510 e. The number of ether oxygens (including phenoxy) is 1. The third-order valence-electron chi connectivity index (χ3n) is 14.8. The standard InChI is InChI=1S/C68H68N4O.Pt/c1-64(2,3)50-33-34-69-62(40-50)72-59-32-24-23-31-57(59)63-58(66(7,8)9)42-56(43-60(63)72)73-55-39-52(67(10,11)48-27-19-15-20-28-48)38-54(41-55)71-45-70(44-61(71)68(12,13)49-29-21-16-22-30-49)53-36-47(46-25-17-14-18-26-46)35-51(37-53)65(4,5)6;/h14-40,42,44H,1-13H3;/q-2;. The van der Waals surface area contributed by atoms with Crippen molar-refractivity contribution in [2.24, 2.45) is 0 Å². The number of hydrogen-bond donors (Lipinski definition) is 0. The molecule has 0 fully saturated rings. The number of rotatable bonds is 10. The Labute approximate surface area is 454 Å². The van der Waals surface area contributed by atoms with Crippen LogP contribution in [0.15, 0.2) is 176 Å². The van der Waals surface area contributed by atoms with Crippen molar-refractivity contribution >= 4 is 21.8 Å². The molecule has 5 nitrogen and oxygen atoms in total. The van der Waals surface area contributed by atoms with Crippen molar-refractivity contribution in [3.05, 3.63) is 234 Å². The first-order chi connectivity index (χ1) is 34.6. The molecular weight excluding hydrogens is 1080 g/mol. The second kappa shape index (κ2) is 19.5. The Kier molecular flexibility index (Phi) is 13.7. The molecular formula is C68H68N4OPt-2. The van der Waals surface area contributed by atoms with Crippen LogP contribution >= 0.6 is 0 Å². The van der Waals surface area contributed by atoms with Crippen molar-refractivity contribution in [1.82, 2.24) is 14.1 Å². The number of aromatic nitrogens is 4. The maximum Gasteiger partial charge on any atom is 0.267 e. The van der Waals surface area contributed by atoms with Gasteiger partial charge in [-0.3, -0.25) is 4.57 Å². The first-order valence-electron chi connectivity index (χ1n) is 25.7. The molecule has 0 amide bonds. The molecule has 10 rings (SSSR count). The zero-order chi connectivity index (χ0) is 51.7. The second-order valence-electron chi connectivity index (χ2n) is 23.9. The molecule has 0 atom stereocenters. The van der Waals surface area contributed by atoms with E-state index >= 15 is 0 Å². The van der Waals surface area contributed by atoms with Gasteiger partial charge in [-0.05, 0) is 96.4 Å². The number of hydrogen-bond acceptors (Lipinski definition) is 2. The average molecular weight is 1150 g/mol. The summed E-state index contributed by atoms with van der Waals surface area (Å²) in [5.41, 5.74) is 13.0. The second-order valence-corrected chi connectivity index (χ2v) is 23.9. The molecule has 0 aliphatic heterocycles. The van der Waals surface area contributed by atoms with Gasteiger partial charge in [-0.2, -0.15) is 6.07 Å². The molecule has 10 aromatic rings. The number of benzene rings is 7. The smallest absolute Gasteiger partial charge is 0.267 e. The third kappa shape index (κ3) is 9.96. The molecule has 378 valence electrons. The van der Waals surface area contributed by atoms with E-state index < -0.39 is 10.8 Å². The molecule has 6 heteroatoms. The Morgan fingerprint density at radius 1 is 0.500 bits per heavy atom. The molecule has 3 heterocycles. The SMILES string of the molecule is CC(C)(C)c1cc(-c2ccccc2)cc(-[n+]2[c-]n(-c3[c-]c(Oc4[c-]c5c(c(C(C)(C)C)c4)c4ccccc4n5-c4cc(C(C)(C)C)ccn4)cc(C(C)(C)c4ccccc4)c3)c(C(C)(C)c3ccccc3)c2)c1.[Pt]. The Bertz CT molecular complexity index is 3640. The van der Waals surface area contributed by atoms with Gasteiger partial charge in [0.2, 0.25) is 0 Å². The number of imidazole rings is 1. The van der Waals surface area contributed by atoms with Crippen molar-refractivity contribution in [2.45, 2.75) is 117 Å². The van der Waals surface area contributed by atoms with Crippen LogP contribution in [0.5, 0.6) is 11.5 Å². The molecule has 0 aliphatic carbocycles. The van der Waals surface area contributed by atoms with E-state index in [1.165, 1.54) is 33.4 Å². The van der Waals surface area contributed by atoms with Crippen LogP contribution in [-0.2, 0) is 48.1 Å². The summed E-state index contributed by atoms with van der Waals surface area (Å²) < 4.78 is 13.9. The summed E-state index contributed by atoms with van der Waals surface area (Å²) in [6.07, 6.45) is 8.08. The Morgan fingerprint density at radius 3 is 1.73 bits per heavy atom. The van der Waals surface area contributed by atoms with E-state index in [-0.39, 0.29) is 37.3 Å². The molecule has 0 spiro atoms. The number of para-hydroxylation sites is 1. The number of pyridine rings is 1. The maximum absolute atomic E-state index is 7.26. The predicted octanol–water partition coefficient (Wildman–Crippen LogP) is 16.6. The molecule has 0 unspecified atom stereocenters. The van der Waals surface area contributed by atoms with Crippen molar-refractivity contribution in [3.63, 3.8) is 0 Å². The van der Waals surface area contributed by atoms with E-state index in [1.807, 2.05) is 6.20 Å². The van der Waals surface area contributed by atoms with Crippen LogP contribution in [0.1, 0.15) is 129 Å². The van der Waals surface area contributed by atoms with Crippen LogP contribution in [0.3, 0.4) is 0 Å². The van der Waals surface area contributed by atoms with E-state index in [9.17, 15) is 0 Å². The molecule has 0 radical (unpaired) electrons. The Morgan fingerprint density at radius 2 is 1.09 bits per heavy atom. The van der Waals surface area contributed by atoms with Gasteiger partial charge in [0.25, 0.3) is 6.33 Å². The van der Waals surface area contributed by atoms with Crippen LogP contribution in [0, 0.1) is 18.5 Å². The zero-order valence-corrected chi connectivity index (χ0v) is 47.5. The Balaban J connectivity index is 0.00000672. The fraction of sp³-hybridized carbons (Fsp3) is 0.265. The third-order valence-corrected chi connectivity index (χ3v) is 14.8. The Hall–Kier alpha value is -6.81. The summed E-state index contributed by atoms with van der Waals surface area (Å²) in [5.74, 6) is 2.04. The molecule has 0 saturated heterocycles. The van der Waals surface area contributed by atoms with Gasteiger partial charge in [0, 0.05) is 55.9 Å². The van der Waals surface area contributed by atoms with Gasteiger partial charge in [0.15, 0.2) is 0 Å². The van der Waals surface area contributed by atoms with Crippen LogP contribution in [0.25, 0.3) is 50.1 Å². The first kappa shape index (κ1) is 52.1. The molecule has 0 aliphatic rings. The number of nitrogens with zero attached hydrogens (tertiary/aromatic N) is 4. The maximum atomic E-state index is 7.26. The van der Waals surface area contributed by atoms with Crippen molar-refractivity contribution in [3.8, 4) is 39.8 Å². The van der Waals surface area contributed by atoms with Gasteiger partial charge in [0.05, 0.1) is 11.4 Å². The van der Waals surface area contributed by atoms with E-state index in [1.54, 1.807) is 0 Å². The minimum absolute atomic E-state index is 0. The van der Waals surface area contributed by atoms with Crippen molar-refractivity contribution in [1.29, 1.82) is 0 Å². The van der Waals surface area contributed by atoms with Gasteiger partial charge < -0.3 is 13.9 Å². The quantitative estimate of drug-likeness (QED) is 0.101. The van der Waals surface area contributed by atoms with Crippen LogP contribution in [-0.4, -0.2) is 14.1 Å². The van der Waals surface area contributed by atoms with Crippen molar-refractivity contribution in [2.75, 3.05) is 0 Å². The summed E-state index contributed by atoms with van der Waals surface area (Å²) in [4.78, 5) is 5.01.